The average molecular weight is 441 g/mol. The van der Waals surface area contributed by atoms with Crippen LogP contribution in [0.4, 0.5) is 32.2 Å². The molecule has 3 nitrogen and oxygen atoms in total. The van der Waals surface area contributed by atoms with Crippen LogP contribution in [0.2, 0.25) is 0 Å². The molecule has 1 aromatic carbocycles. The van der Waals surface area contributed by atoms with Crippen molar-refractivity contribution in [2.75, 3.05) is 11.4 Å². The topological polar surface area (TPSA) is 33.2 Å². The van der Waals surface area contributed by atoms with E-state index in [4.69, 9.17) is 0 Å². The van der Waals surface area contributed by atoms with Gasteiger partial charge in [0.25, 0.3) is 5.91 Å². The molecule has 0 aliphatic rings. The van der Waals surface area contributed by atoms with Crippen LogP contribution in [0.3, 0.4) is 0 Å². The van der Waals surface area contributed by atoms with Crippen molar-refractivity contribution in [2.45, 2.75) is 19.3 Å². The predicted molar refractivity (Wildman–Crippen MR) is 85.7 cm³/mol. The summed E-state index contributed by atoms with van der Waals surface area (Å²) in [5, 5.41) is 0. The summed E-state index contributed by atoms with van der Waals surface area (Å²) < 4.78 is 78.2. The number of halogens is 7. The second-order valence-electron chi connectivity index (χ2n) is 5.18. The lowest BCUT2D eigenvalue weighted by atomic mass is 10.0. The Morgan fingerprint density at radius 1 is 1.04 bits per heavy atom. The Bertz CT molecular complexity index is 770. The monoisotopic (exact) mass is 440 g/mol. The summed E-state index contributed by atoms with van der Waals surface area (Å²) in [5.41, 5.74) is -3.82. The number of rotatable bonds is 3. The Labute approximate surface area is 152 Å². The summed E-state index contributed by atoms with van der Waals surface area (Å²) in [6, 6.07) is 3.75. The minimum absolute atomic E-state index is 0.00502. The third-order valence-corrected chi connectivity index (χ3v) is 3.85. The van der Waals surface area contributed by atoms with E-state index in [1.165, 1.54) is 19.2 Å². The van der Waals surface area contributed by atoms with Crippen LogP contribution in [0.15, 0.2) is 41.0 Å². The summed E-state index contributed by atoms with van der Waals surface area (Å²) in [6.45, 7) is 1.53. The van der Waals surface area contributed by atoms with Gasteiger partial charge in [-0.25, -0.2) is 4.98 Å². The standard InChI is InChI=1S/C16H11BrF6N2O/c1-2-25(13-4-3-12(17)8-24-13)14(26)9-5-10(15(18,19)20)7-11(6-9)16(21,22)23/h3-8H,2H2,1H3. The van der Waals surface area contributed by atoms with E-state index in [1.807, 2.05) is 0 Å². The molecule has 1 heterocycles. The van der Waals surface area contributed by atoms with E-state index < -0.39 is 35.0 Å². The van der Waals surface area contributed by atoms with Gasteiger partial charge in [0.05, 0.1) is 11.1 Å². The first-order valence-corrected chi connectivity index (χ1v) is 7.95. The maximum absolute atomic E-state index is 12.9. The summed E-state index contributed by atoms with van der Waals surface area (Å²) >= 11 is 3.15. The van der Waals surface area contributed by atoms with Gasteiger partial charge in [0.15, 0.2) is 0 Å². The second-order valence-corrected chi connectivity index (χ2v) is 6.09. The first-order chi connectivity index (χ1) is 11.9. The number of hydrogen-bond donors (Lipinski definition) is 0. The number of anilines is 1. The van der Waals surface area contributed by atoms with Crippen LogP contribution >= 0.6 is 15.9 Å². The van der Waals surface area contributed by atoms with Crippen molar-refractivity contribution in [1.29, 1.82) is 0 Å². The average Bonchev–Trinajstić information content (AvgIpc) is 2.55. The van der Waals surface area contributed by atoms with E-state index >= 15 is 0 Å². The molecule has 140 valence electrons. The molecule has 0 spiro atoms. The summed E-state index contributed by atoms with van der Waals surface area (Å²) in [7, 11) is 0. The van der Waals surface area contributed by atoms with E-state index in [9.17, 15) is 31.1 Å². The molecule has 2 aromatic rings. The Morgan fingerprint density at radius 2 is 1.58 bits per heavy atom. The molecule has 26 heavy (non-hydrogen) atoms. The van der Waals surface area contributed by atoms with Crippen LogP contribution in [0.1, 0.15) is 28.4 Å². The van der Waals surface area contributed by atoms with Crippen LogP contribution in [-0.2, 0) is 12.4 Å². The van der Waals surface area contributed by atoms with E-state index in [0.29, 0.717) is 16.6 Å². The number of pyridine rings is 1. The number of alkyl halides is 6. The highest BCUT2D eigenvalue weighted by atomic mass is 79.9. The van der Waals surface area contributed by atoms with Crippen LogP contribution in [-0.4, -0.2) is 17.4 Å². The fourth-order valence-corrected chi connectivity index (χ4v) is 2.41. The Morgan fingerprint density at radius 3 is 1.96 bits per heavy atom. The number of nitrogens with zero attached hydrogens (tertiary/aromatic N) is 2. The van der Waals surface area contributed by atoms with Gasteiger partial charge in [-0.1, -0.05) is 0 Å². The lowest BCUT2D eigenvalue weighted by Crippen LogP contribution is -2.32. The first kappa shape index (κ1) is 20.2. The molecular weight excluding hydrogens is 430 g/mol. The summed E-state index contributed by atoms with van der Waals surface area (Å²) in [6.07, 6.45) is -8.69. The lowest BCUT2D eigenvalue weighted by molar-refractivity contribution is -0.143. The summed E-state index contributed by atoms with van der Waals surface area (Å²) in [4.78, 5) is 17.5. The first-order valence-electron chi connectivity index (χ1n) is 7.16. The zero-order valence-electron chi connectivity index (χ0n) is 13.1. The molecule has 0 aliphatic carbocycles. The van der Waals surface area contributed by atoms with Gasteiger partial charge in [0.2, 0.25) is 0 Å². The number of hydrogen-bond acceptors (Lipinski definition) is 2. The molecule has 0 saturated heterocycles. The molecule has 0 bridgehead atoms. The zero-order chi connectivity index (χ0) is 19.7. The molecular formula is C16H11BrF6N2O. The van der Waals surface area contributed by atoms with Crippen LogP contribution in [0.25, 0.3) is 0 Å². The van der Waals surface area contributed by atoms with Crippen molar-refractivity contribution in [3.63, 3.8) is 0 Å². The number of carbonyl (C=O) groups excluding carboxylic acids is 1. The third-order valence-electron chi connectivity index (χ3n) is 3.38. The van der Waals surface area contributed by atoms with Crippen LogP contribution in [0.5, 0.6) is 0 Å². The number of benzene rings is 1. The van der Waals surface area contributed by atoms with Crippen molar-refractivity contribution < 1.29 is 31.1 Å². The highest BCUT2D eigenvalue weighted by Crippen LogP contribution is 2.36. The van der Waals surface area contributed by atoms with Crippen molar-refractivity contribution in [3.8, 4) is 0 Å². The number of aromatic nitrogens is 1. The lowest BCUT2D eigenvalue weighted by Gasteiger charge is -2.21. The van der Waals surface area contributed by atoms with Crippen molar-refractivity contribution >= 4 is 27.7 Å². The fourth-order valence-electron chi connectivity index (χ4n) is 2.17. The number of amides is 1. The minimum Gasteiger partial charge on any atom is -0.293 e. The molecule has 1 aromatic heterocycles. The van der Waals surface area contributed by atoms with Gasteiger partial charge in [-0.3, -0.25) is 9.69 Å². The maximum Gasteiger partial charge on any atom is 0.416 e. The molecule has 10 heteroatoms. The molecule has 0 atom stereocenters. The SMILES string of the molecule is CCN(C(=O)c1cc(C(F)(F)F)cc(C(F)(F)F)c1)c1ccc(Br)cn1. The molecule has 0 N–H and O–H groups in total. The van der Waals surface area contributed by atoms with E-state index in [2.05, 4.69) is 20.9 Å². The van der Waals surface area contributed by atoms with Crippen LogP contribution < -0.4 is 4.90 Å². The zero-order valence-corrected chi connectivity index (χ0v) is 14.7. The summed E-state index contributed by atoms with van der Waals surface area (Å²) in [5.74, 6) is -0.911. The van der Waals surface area contributed by atoms with Crippen molar-refractivity contribution in [2.24, 2.45) is 0 Å². The third kappa shape index (κ3) is 4.54. The Balaban J connectivity index is 2.54. The number of carbonyl (C=O) groups is 1. The second kappa shape index (κ2) is 7.26. The van der Waals surface area contributed by atoms with Gasteiger partial charge in [-0.05, 0) is 53.2 Å². The van der Waals surface area contributed by atoms with E-state index in [0.717, 1.165) is 4.90 Å². The van der Waals surface area contributed by atoms with Gasteiger partial charge in [0, 0.05) is 22.8 Å². The van der Waals surface area contributed by atoms with E-state index in [1.54, 1.807) is 6.07 Å². The molecule has 2 rings (SSSR count). The fraction of sp³-hybridized carbons (Fsp3) is 0.250. The highest BCUT2D eigenvalue weighted by Gasteiger charge is 2.38. The Hall–Kier alpha value is -2.10. The quantitative estimate of drug-likeness (QED) is 0.586. The molecule has 0 unspecified atom stereocenters. The normalized spacial score (nSPS) is 12.2. The van der Waals surface area contributed by atoms with Gasteiger partial charge in [0.1, 0.15) is 5.82 Å². The molecule has 1 amide bonds. The largest absolute Gasteiger partial charge is 0.416 e. The van der Waals surface area contributed by atoms with Crippen LogP contribution in [0, 0.1) is 0 Å². The predicted octanol–water partition coefficient (Wildman–Crippen LogP) is 5.55. The van der Waals surface area contributed by atoms with E-state index in [-0.39, 0.29) is 18.4 Å². The minimum atomic E-state index is -5.02. The smallest absolute Gasteiger partial charge is 0.293 e. The van der Waals surface area contributed by atoms with Gasteiger partial charge < -0.3 is 0 Å². The molecule has 0 fully saturated rings. The molecule has 0 aliphatic heterocycles. The van der Waals surface area contributed by atoms with Gasteiger partial charge in [-0.2, -0.15) is 26.3 Å². The molecule has 0 radical (unpaired) electrons. The van der Waals surface area contributed by atoms with Gasteiger partial charge in [-0.15, -0.1) is 0 Å². The molecule has 0 saturated carbocycles. The maximum atomic E-state index is 12.9. The Kier molecular flexibility index (Phi) is 5.64. The highest BCUT2D eigenvalue weighted by molar-refractivity contribution is 9.10. The van der Waals surface area contributed by atoms with Crippen molar-refractivity contribution in [3.05, 3.63) is 57.7 Å². The van der Waals surface area contributed by atoms with Crippen molar-refractivity contribution in [1.82, 2.24) is 4.98 Å². The van der Waals surface area contributed by atoms with Gasteiger partial charge >= 0.3 is 12.4 Å².